The third-order valence-electron chi connectivity index (χ3n) is 16.6. The van der Waals surface area contributed by atoms with Gasteiger partial charge in [-0.25, -0.2) is 19.6 Å². The number of hydrogen-bond donors (Lipinski definition) is 16. The van der Waals surface area contributed by atoms with E-state index in [-0.39, 0.29) is 73.7 Å². The van der Waals surface area contributed by atoms with E-state index >= 15 is 0 Å². The van der Waals surface area contributed by atoms with E-state index in [9.17, 15) is 60.0 Å². The maximum absolute atomic E-state index is 13.0. The fraction of sp³-hybridized carbons (Fsp3) is 0.519. The van der Waals surface area contributed by atoms with Crippen LogP contribution in [0.15, 0.2) is 61.2 Å². The van der Waals surface area contributed by atoms with Gasteiger partial charge in [0.05, 0.1) is 36.8 Å². The number of nitrogens with zero attached hydrogens (tertiary/aromatic N) is 10. The van der Waals surface area contributed by atoms with Gasteiger partial charge in [-0.2, -0.15) is 19.9 Å². The lowest BCUT2D eigenvalue weighted by Crippen LogP contribution is -2.44. The number of phenols is 2. The van der Waals surface area contributed by atoms with Crippen LogP contribution in [0.1, 0.15) is 74.6 Å². The summed E-state index contributed by atoms with van der Waals surface area (Å²) >= 11 is 0. The summed E-state index contributed by atoms with van der Waals surface area (Å²) in [6.07, 6.45) is 1.71. The van der Waals surface area contributed by atoms with Crippen molar-refractivity contribution in [3.05, 3.63) is 72.3 Å². The second-order valence-electron chi connectivity index (χ2n) is 22.3. The minimum Gasteiger partial charge on any atom is -0.508 e. The van der Waals surface area contributed by atoms with Crippen molar-refractivity contribution in [3.63, 3.8) is 0 Å². The highest BCUT2D eigenvalue weighted by Crippen LogP contribution is 2.38. The van der Waals surface area contributed by atoms with E-state index in [1.54, 1.807) is 57.7 Å². The smallest absolute Gasteiger partial charge is 0.315 e. The number of imidazole rings is 2. The van der Waals surface area contributed by atoms with Gasteiger partial charge in [0.25, 0.3) is 0 Å². The molecule has 0 radical (unpaired) electrons. The van der Waals surface area contributed by atoms with Crippen molar-refractivity contribution in [2.24, 2.45) is 0 Å². The number of amides is 6. The van der Waals surface area contributed by atoms with E-state index < -0.39 is 73.6 Å². The summed E-state index contributed by atoms with van der Waals surface area (Å²) in [6, 6.07) is 8.47. The molecule has 6 amide bonds. The van der Waals surface area contributed by atoms with Crippen LogP contribution < -0.4 is 52.3 Å². The average molecular weight is 1160 g/mol. The van der Waals surface area contributed by atoms with Crippen LogP contribution in [-0.4, -0.2) is 204 Å². The Hall–Kier alpha value is -8.42. The van der Waals surface area contributed by atoms with Gasteiger partial charge in [0, 0.05) is 63.4 Å². The van der Waals surface area contributed by atoms with Gasteiger partial charge in [0.15, 0.2) is 34.0 Å². The zero-order valence-electron chi connectivity index (χ0n) is 45.7. The maximum atomic E-state index is 13.0. The number of urea groups is 2. The summed E-state index contributed by atoms with van der Waals surface area (Å²) in [5, 5.41) is 107. The van der Waals surface area contributed by atoms with Gasteiger partial charge in [-0.1, -0.05) is 24.3 Å². The molecule has 0 unspecified atom stereocenters. The van der Waals surface area contributed by atoms with E-state index in [0.717, 1.165) is 11.1 Å². The number of aliphatic hydroxyl groups is 6. The summed E-state index contributed by atoms with van der Waals surface area (Å²) in [4.78, 5) is 83.8. The van der Waals surface area contributed by atoms with Crippen LogP contribution in [0, 0.1) is 0 Å². The predicted molar refractivity (Wildman–Crippen MR) is 301 cm³/mol. The molecule has 2 saturated heterocycles. The van der Waals surface area contributed by atoms with Crippen molar-refractivity contribution in [1.82, 2.24) is 70.9 Å². The van der Waals surface area contributed by atoms with Crippen molar-refractivity contribution < 1.29 is 60.0 Å². The SMILES string of the molecule is O=C(CO)N[C@H]1C[C@@H](n2cnc3c(N[C@H]4CC[C@H](Nc5nc(N6CC[C@@H](NC(=O)NCc7cccc(O)c7)C6)nc6c5ncn6[C@@H]5C[C@H](NC(=O)CO)[C@@H](O)[C@H]5O)CC4)nc(N4CC[C@@H](NC(=O)NCc5cccc(O)c5)C4)nc32)[C@H](O)[C@@H]1O. The summed E-state index contributed by atoms with van der Waals surface area (Å²) < 4.78 is 3.34. The Balaban J connectivity index is 0.807. The summed E-state index contributed by atoms with van der Waals surface area (Å²) in [7, 11) is 0. The second kappa shape index (κ2) is 24.8. The molecule has 3 aliphatic carbocycles. The Morgan fingerprint density at radius 3 is 1.33 bits per heavy atom. The predicted octanol–water partition coefficient (Wildman–Crippen LogP) is -1.34. The van der Waals surface area contributed by atoms with E-state index in [1.165, 1.54) is 12.7 Å². The fourth-order valence-corrected chi connectivity index (χ4v) is 12.2. The standard InChI is InChI=1S/C54H70N18O12/c73-23-39(77)63-35-17-37(45(81)43(35)79)71-25-57-41-47(65-51(67-49(41)71)69-13-11-31(21-69)61-53(83)55-19-27-3-1-5-33(75)15-27)59-29-7-9-30(10-8-29)60-48-42-50(72(26-58-42)38-18-36(44(80)46(38)82)64-40(78)24-74)68-52(66-48)70-14-12-32(22-70)62-54(84)56-20-28-4-2-6-34(76)16-28/h1-6,15-16,25-26,29-32,35-38,43-46,73-76,79-82H,7-14,17-24H2,(H,63,77)(H,64,78)(H2,55,61,83)(H2,56,62,84)(H,59,65,67)(H,60,66,68)/t29-,30-,31-,32-,35+,36+,37-,38-,43-,44-,45+,46+/m1/s1. The molecule has 11 rings (SSSR count). The van der Waals surface area contributed by atoms with E-state index in [4.69, 9.17) is 29.9 Å². The van der Waals surface area contributed by atoms with E-state index in [2.05, 4.69) is 42.5 Å². The van der Waals surface area contributed by atoms with Crippen molar-refractivity contribution in [3.8, 4) is 11.5 Å². The first kappa shape index (κ1) is 57.4. The molecule has 5 aliphatic rings. The molecule has 6 heterocycles. The van der Waals surface area contributed by atoms with Gasteiger partial charge < -0.3 is 102 Å². The third kappa shape index (κ3) is 12.6. The fourth-order valence-electron chi connectivity index (χ4n) is 12.2. The van der Waals surface area contributed by atoms with Gasteiger partial charge in [-0.15, -0.1) is 0 Å². The molecular formula is C54H70N18O12. The lowest BCUT2D eigenvalue weighted by atomic mass is 9.91. The zero-order valence-corrected chi connectivity index (χ0v) is 45.7. The highest BCUT2D eigenvalue weighted by molar-refractivity contribution is 5.86. The molecule has 448 valence electrons. The van der Waals surface area contributed by atoms with Crippen LogP contribution in [0.2, 0.25) is 0 Å². The van der Waals surface area contributed by atoms with E-state index in [0.29, 0.717) is 111 Å². The first-order chi connectivity index (χ1) is 40.6. The van der Waals surface area contributed by atoms with Crippen LogP contribution in [0.25, 0.3) is 22.3 Å². The Bertz CT molecular complexity index is 3140. The minimum absolute atomic E-state index is 0.0954. The van der Waals surface area contributed by atoms with Crippen molar-refractivity contribution in [2.75, 3.05) is 59.8 Å². The lowest BCUT2D eigenvalue weighted by molar-refractivity contribution is -0.126. The Labute approximate surface area is 480 Å². The number of hydrogen-bond acceptors (Lipinski definition) is 22. The number of anilines is 4. The maximum Gasteiger partial charge on any atom is 0.315 e. The molecule has 3 saturated carbocycles. The molecule has 84 heavy (non-hydrogen) atoms. The van der Waals surface area contributed by atoms with Crippen LogP contribution in [0.5, 0.6) is 11.5 Å². The highest BCUT2D eigenvalue weighted by atomic mass is 16.3. The number of aromatic hydroxyl groups is 2. The molecule has 2 aromatic carbocycles. The molecule has 0 bridgehead atoms. The molecule has 16 N–H and O–H groups in total. The largest absolute Gasteiger partial charge is 0.508 e. The monoisotopic (exact) mass is 1160 g/mol. The van der Waals surface area contributed by atoms with Crippen molar-refractivity contribution in [2.45, 2.75) is 137 Å². The molecule has 4 aromatic heterocycles. The lowest BCUT2D eigenvalue weighted by Gasteiger charge is -2.31. The second-order valence-corrected chi connectivity index (χ2v) is 22.3. The van der Waals surface area contributed by atoms with Crippen LogP contribution in [0.4, 0.5) is 33.1 Å². The Morgan fingerprint density at radius 1 is 0.524 bits per heavy atom. The Morgan fingerprint density at radius 2 is 0.940 bits per heavy atom. The first-order valence-corrected chi connectivity index (χ1v) is 28.3. The number of phenolic OH excluding ortho intramolecular Hbond substituents is 2. The number of aliphatic hydroxyl groups excluding tert-OH is 6. The van der Waals surface area contributed by atoms with Gasteiger partial charge in [-0.3, -0.25) is 9.59 Å². The summed E-state index contributed by atoms with van der Waals surface area (Å²) in [6.45, 7) is 0.564. The summed E-state index contributed by atoms with van der Waals surface area (Å²) in [5.74, 6) is 0.345. The molecule has 5 fully saturated rings. The highest BCUT2D eigenvalue weighted by Gasteiger charge is 2.46. The van der Waals surface area contributed by atoms with Crippen molar-refractivity contribution in [1.29, 1.82) is 0 Å². The van der Waals surface area contributed by atoms with E-state index in [1.807, 2.05) is 9.80 Å². The Kier molecular flexibility index (Phi) is 17.0. The number of carbonyl (C=O) groups excluding carboxylic acids is 4. The number of aromatic nitrogens is 8. The first-order valence-electron chi connectivity index (χ1n) is 28.3. The topological polar surface area (TPSA) is 420 Å². The average Bonchev–Trinajstić information content (AvgIpc) is 4.38. The molecule has 10 atom stereocenters. The number of nitrogens with one attached hydrogen (secondary N) is 8. The van der Waals surface area contributed by atoms with Crippen LogP contribution >= 0.6 is 0 Å². The number of rotatable bonds is 18. The number of fused-ring (bicyclic) bond motifs is 2. The van der Waals surface area contributed by atoms with Crippen LogP contribution in [0.3, 0.4) is 0 Å². The molecule has 30 nitrogen and oxygen atoms in total. The third-order valence-corrected chi connectivity index (χ3v) is 16.6. The molecule has 2 aliphatic heterocycles. The van der Waals surface area contributed by atoms with Crippen LogP contribution in [-0.2, 0) is 22.7 Å². The minimum atomic E-state index is -1.34. The molecular weight excluding hydrogens is 1090 g/mol. The van der Waals surface area contributed by atoms with Gasteiger partial charge in [-0.05, 0) is 86.8 Å². The summed E-state index contributed by atoms with van der Waals surface area (Å²) in [5.41, 5.74) is 3.01. The molecule has 6 aromatic rings. The van der Waals surface area contributed by atoms with Gasteiger partial charge in [0.2, 0.25) is 23.7 Å². The molecule has 30 heteroatoms. The van der Waals surface area contributed by atoms with Crippen molar-refractivity contribution >= 4 is 69.7 Å². The normalized spacial score (nSPS) is 26.8. The molecule has 0 spiro atoms. The van der Waals surface area contributed by atoms with Gasteiger partial charge in [0.1, 0.15) is 49.1 Å². The quantitative estimate of drug-likeness (QED) is 0.0473. The zero-order chi connectivity index (χ0) is 58.8. The van der Waals surface area contributed by atoms with Gasteiger partial charge >= 0.3 is 12.1 Å². The number of benzene rings is 2. The number of carbonyl (C=O) groups is 4.